The SMILES string of the molecule is O=C(O)c1cccc(O[C@H]2C[C@@H](O)[C@@H](O)[C@@H](CO)O2)c1. The molecule has 0 amide bonds. The summed E-state index contributed by atoms with van der Waals surface area (Å²) >= 11 is 0. The van der Waals surface area contributed by atoms with E-state index in [1.807, 2.05) is 0 Å². The van der Waals surface area contributed by atoms with E-state index in [1.165, 1.54) is 18.2 Å². The van der Waals surface area contributed by atoms with Gasteiger partial charge in [0.15, 0.2) is 0 Å². The number of ether oxygens (including phenoxy) is 2. The monoisotopic (exact) mass is 284 g/mol. The van der Waals surface area contributed by atoms with E-state index in [-0.39, 0.29) is 17.7 Å². The molecule has 4 N–H and O–H groups in total. The van der Waals surface area contributed by atoms with Crippen molar-refractivity contribution in [1.29, 1.82) is 0 Å². The summed E-state index contributed by atoms with van der Waals surface area (Å²) < 4.78 is 10.7. The van der Waals surface area contributed by atoms with Crippen molar-refractivity contribution < 1.29 is 34.7 Å². The minimum Gasteiger partial charge on any atom is -0.478 e. The molecule has 1 aliphatic heterocycles. The van der Waals surface area contributed by atoms with Gasteiger partial charge in [-0.3, -0.25) is 0 Å². The maximum atomic E-state index is 10.8. The van der Waals surface area contributed by atoms with Gasteiger partial charge in [0.2, 0.25) is 6.29 Å². The van der Waals surface area contributed by atoms with E-state index < -0.39 is 37.2 Å². The van der Waals surface area contributed by atoms with E-state index in [0.29, 0.717) is 0 Å². The van der Waals surface area contributed by atoms with Crippen molar-refractivity contribution in [1.82, 2.24) is 0 Å². The average molecular weight is 284 g/mol. The van der Waals surface area contributed by atoms with Gasteiger partial charge < -0.3 is 29.9 Å². The summed E-state index contributed by atoms with van der Waals surface area (Å²) in [5, 5.41) is 37.2. The van der Waals surface area contributed by atoms with E-state index >= 15 is 0 Å². The van der Waals surface area contributed by atoms with Gasteiger partial charge in [-0.2, -0.15) is 0 Å². The van der Waals surface area contributed by atoms with Crippen LogP contribution < -0.4 is 4.74 Å². The van der Waals surface area contributed by atoms with Crippen molar-refractivity contribution in [3.05, 3.63) is 29.8 Å². The zero-order chi connectivity index (χ0) is 14.7. The topological polar surface area (TPSA) is 116 Å². The van der Waals surface area contributed by atoms with E-state index in [4.69, 9.17) is 19.7 Å². The highest BCUT2D eigenvalue weighted by Gasteiger charge is 2.37. The minimum atomic E-state index is -1.18. The highest BCUT2D eigenvalue weighted by molar-refractivity contribution is 5.87. The second-order valence-electron chi connectivity index (χ2n) is 4.53. The molecule has 4 atom stereocenters. The van der Waals surface area contributed by atoms with Gasteiger partial charge in [0.05, 0.1) is 18.3 Å². The van der Waals surface area contributed by atoms with Gasteiger partial charge in [0, 0.05) is 6.42 Å². The molecule has 2 rings (SSSR count). The summed E-state index contributed by atoms with van der Waals surface area (Å²) in [6, 6.07) is 5.83. The summed E-state index contributed by atoms with van der Waals surface area (Å²) in [5.41, 5.74) is 0.0672. The number of rotatable bonds is 4. The first-order valence-electron chi connectivity index (χ1n) is 6.13. The van der Waals surface area contributed by atoms with Crippen molar-refractivity contribution in [3.63, 3.8) is 0 Å². The molecule has 1 fully saturated rings. The van der Waals surface area contributed by atoms with Crippen LogP contribution in [0.1, 0.15) is 16.8 Å². The van der Waals surface area contributed by atoms with Crippen LogP contribution in [0.15, 0.2) is 24.3 Å². The third kappa shape index (κ3) is 3.26. The predicted octanol–water partition coefficient (Wildman–Crippen LogP) is -0.407. The fourth-order valence-corrected chi connectivity index (χ4v) is 2.00. The van der Waals surface area contributed by atoms with Gasteiger partial charge in [0.25, 0.3) is 0 Å². The first-order chi connectivity index (χ1) is 9.51. The lowest BCUT2D eigenvalue weighted by Gasteiger charge is -2.36. The number of aliphatic hydroxyl groups excluding tert-OH is 3. The Labute approximate surface area is 115 Å². The van der Waals surface area contributed by atoms with E-state index in [9.17, 15) is 15.0 Å². The number of carbonyl (C=O) groups is 1. The molecule has 1 saturated heterocycles. The number of carboxylic acid groups (broad SMARTS) is 1. The molecule has 0 spiro atoms. The molecule has 0 radical (unpaired) electrons. The normalized spacial score (nSPS) is 29.9. The first kappa shape index (κ1) is 14.7. The van der Waals surface area contributed by atoms with Gasteiger partial charge in [-0.1, -0.05) is 6.07 Å². The molecular weight excluding hydrogens is 268 g/mol. The maximum absolute atomic E-state index is 10.8. The Morgan fingerprint density at radius 3 is 2.80 bits per heavy atom. The lowest BCUT2D eigenvalue weighted by atomic mass is 10.0. The molecule has 20 heavy (non-hydrogen) atoms. The Kier molecular flexibility index (Phi) is 4.56. The van der Waals surface area contributed by atoms with Crippen molar-refractivity contribution in [2.24, 2.45) is 0 Å². The van der Waals surface area contributed by atoms with Crippen LogP contribution in [-0.2, 0) is 4.74 Å². The number of aliphatic hydroxyl groups is 3. The summed E-state index contributed by atoms with van der Waals surface area (Å²) in [7, 11) is 0. The van der Waals surface area contributed by atoms with Crippen LogP contribution in [0.4, 0.5) is 0 Å². The maximum Gasteiger partial charge on any atom is 0.335 e. The van der Waals surface area contributed by atoms with E-state index in [2.05, 4.69) is 0 Å². The first-order valence-corrected chi connectivity index (χ1v) is 6.13. The summed E-state index contributed by atoms with van der Waals surface area (Å²) in [5.74, 6) is -0.807. The lowest BCUT2D eigenvalue weighted by molar-refractivity contribution is -0.229. The molecule has 0 aliphatic carbocycles. The molecule has 0 unspecified atom stereocenters. The highest BCUT2D eigenvalue weighted by Crippen LogP contribution is 2.24. The van der Waals surface area contributed by atoms with Crippen LogP contribution in [0.25, 0.3) is 0 Å². The zero-order valence-electron chi connectivity index (χ0n) is 10.5. The molecule has 110 valence electrons. The molecule has 1 aromatic carbocycles. The van der Waals surface area contributed by atoms with E-state index in [0.717, 1.165) is 0 Å². The summed E-state index contributed by atoms with van der Waals surface area (Å²) in [6.45, 7) is -0.451. The predicted molar refractivity (Wildman–Crippen MR) is 66.4 cm³/mol. The average Bonchev–Trinajstić information content (AvgIpc) is 2.43. The quantitative estimate of drug-likeness (QED) is 0.594. The Hall–Kier alpha value is -1.67. The Balaban J connectivity index is 2.06. The highest BCUT2D eigenvalue weighted by atomic mass is 16.7. The molecule has 7 nitrogen and oxygen atoms in total. The van der Waals surface area contributed by atoms with Gasteiger partial charge in [-0.25, -0.2) is 4.79 Å². The fourth-order valence-electron chi connectivity index (χ4n) is 2.00. The van der Waals surface area contributed by atoms with Crippen molar-refractivity contribution in [3.8, 4) is 5.75 Å². The number of hydrogen-bond donors (Lipinski definition) is 4. The van der Waals surface area contributed by atoms with Crippen molar-refractivity contribution in [2.75, 3.05) is 6.61 Å². The Morgan fingerprint density at radius 2 is 2.15 bits per heavy atom. The molecular formula is C13H16O7. The van der Waals surface area contributed by atoms with E-state index in [1.54, 1.807) is 6.07 Å². The van der Waals surface area contributed by atoms with Gasteiger partial charge in [-0.05, 0) is 18.2 Å². The standard InChI is InChI=1S/C13H16O7/c14-6-10-12(16)9(15)5-11(20-10)19-8-3-1-2-7(4-8)13(17)18/h1-4,9-12,14-16H,5-6H2,(H,17,18)/t9-,10-,11-,12-/m1/s1. The summed E-state index contributed by atoms with van der Waals surface area (Å²) in [4.78, 5) is 10.8. The molecule has 0 saturated carbocycles. The number of aromatic carboxylic acids is 1. The molecule has 0 aromatic heterocycles. The second-order valence-corrected chi connectivity index (χ2v) is 4.53. The Morgan fingerprint density at radius 1 is 1.40 bits per heavy atom. The van der Waals surface area contributed by atoms with Gasteiger partial charge >= 0.3 is 5.97 Å². The van der Waals surface area contributed by atoms with Crippen LogP contribution in [0.2, 0.25) is 0 Å². The van der Waals surface area contributed by atoms with Gasteiger partial charge in [0.1, 0.15) is 18.0 Å². The van der Waals surface area contributed by atoms with Crippen molar-refractivity contribution >= 4 is 5.97 Å². The third-order valence-corrected chi connectivity index (χ3v) is 3.06. The number of carboxylic acids is 1. The smallest absolute Gasteiger partial charge is 0.335 e. The van der Waals surface area contributed by atoms with Crippen LogP contribution in [-0.4, -0.2) is 57.6 Å². The van der Waals surface area contributed by atoms with Crippen molar-refractivity contribution in [2.45, 2.75) is 31.0 Å². The summed E-state index contributed by atoms with van der Waals surface area (Å²) in [6.07, 6.45) is -4.03. The fraction of sp³-hybridized carbons (Fsp3) is 0.462. The van der Waals surface area contributed by atoms with Crippen LogP contribution in [0.3, 0.4) is 0 Å². The van der Waals surface area contributed by atoms with Crippen LogP contribution in [0.5, 0.6) is 5.75 Å². The number of benzene rings is 1. The third-order valence-electron chi connectivity index (χ3n) is 3.06. The molecule has 1 aromatic rings. The molecule has 1 aliphatic rings. The van der Waals surface area contributed by atoms with Gasteiger partial charge in [-0.15, -0.1) is 0 Å². The largest absolute Gasteiger partial charge is 0.478 e. The zero-order valence-corrected chi connectivity index (χ0v) is 10.5. The van der Waals surface area contributed by atoms with Crippen LogP contribution >= 0.6 is 0 Å². The molecule has 0 bridgehead atoms. The lowest BCUT2D eigenvalue weighted by Crippen LogP contribution is -2.51. The Bertz CT molecular complexity index is 476. The molecule has 1 heterocycles. The van der Waals surface area contributed by atoms with Crippen LogP contribution in [0, 0.1) is 0 Å². The second kappa shape index (κ2) is 6.19. The molecule has 7 heteroatoms. The number of hydrogen-bond acceptors (Lipinski definition) is 6. The minimum absolute atomic E-state index is 0.0228.